The standard InChI is InChI=1S/C17H18Cl2N4O/c18-15-3-1-12(2-4-15)6-21-7-13-9-22(10-14(13)8-21)17(24)23-11-16(19)5-20-23/h1-5,11,13-14H,6-10H2. The molecule has 0 bridgehead atoms. The van der Waals surface area contributed by atoms with E-state index in [1.165, 1.54) is 16.4 Å². The van der Waals surface area contributed by atoms with Crippen molar-refractivity contribution in [1.29, 1.82) is 0 Å². The van der Waals surface area contributed by atoms with Gasteiger partial charge in [-0.05, 0) is 29.5 Å². The van der Waals surface area contributed by atoms with Crippen LogP contribution in [-0.2, 0) is 6.54 Å². The minimum atomic E-state index is -0.0828. The third-order valence-corrected chi connectivity index (χ3v) is 5.35. The molecule has 1 aromatic carbocycles. The molecule has 2 aromatic rings. The third kappa shape index (κ3) is 3.16. The minimum Gasteiger partial charge on any atom is -0.322 e. The van der Waals surface area contributed by atoms with E-state index >= 15 is 0 Å². The summed E-state index contributed by atoms with van der Waals surface area (Å²) >= 11 is 11.8. The predicted octanol–water partition coefficient (Wildman–Crippen LogP) is 3.22. The van der Waals surface area contributed by atoms with Crippen LogP contribution in [0.3, 0.4) is 0 Å². The molecule has 2 aliphatic rings. The highest BCUT2D eigenvalue weighted by Crippen LogP contribution is 2.32. The number of carbonyl (C=O) groups excluding carboxylic acids is 1. The lowest BCUT2D eigenvalue weighted by molar-refractivity contribution is 0.197. The van der Waals surface area contributed by atoms with Crippen LogP contribution < -0.4 is 0 Å². The summed E-state index contributed by atoms with van der Waals surface area (Å²) < 4.78 is 1.33. The SMILES string of the molecule is O=C(N1CC2CN(Cc3ccc(Cl)cc3)CC2C1)n1cc(Cl)cn1. The fourth-order valence-corrected chi connectivity index (χ4v) is 4.04. The number of amides is 1. The van der Waals surface area contributed by atoms with Crippen molar-refractivity contribution in [3.05, 3.63) is 52.3 Å². The van der Waals surface area contributed by atoms with Gasteiger partial charge in [0.2, 0.25) is 0 Å². The quantitative estimate of drug-likeness (QED) is 0.821. The molecular formula is C17H18Cl2N4O. The van der Waals surface area contributed by atoms with Crippen LogP contribution >= 0.6 is 23.2 Å². The van der Waals surface area contributed by atoms with Crippen molar-refractivity contribution in [2.75, 3.05) is 26.2 Å². The first kappa shape index (κ1) is 15.9. The third-order valence-electron chi connectivity index (χ3n) is 4.90. The molecule has 2 atom stereocenters. The maximum Gasteiger partial charge on any atom is 0.344 e. The molecule has 1 amide bonds. The molecule has 0 radical (unpaired) electrons. The van der Waals surface area contributed by atoms with Gasteiger partial charge in [-0.2, -0.15) is 9.78 Å². The van der Waals surface area contributed by atoms with Gasteiger partial charge in [-0.1, -0.05) is 35.3 Å². The van der Waals surface area contributed by atoms with Gasteiger partial charge in [0, 0.05) is 37.7 Å². The lowest BCUT2D eigenvalue weighted by Crippen LogP contribution is -2.36. The molecule has 2 saturated heterocycles. The summed E-state index contributed by atoms with van der Waals surface area (Å²) in [7, 11) is 0. The molecule has 126 valence electrons. The summed E-state index contributed by atoms with van der Waals surface area (Å²) in [6.07, 6.45) is 3.05. The van der Waals surface area contributed by atoms with Crippen molar-refractivity contribution < 1.29 is 4.79 Å². The maximum absolute atomic E-state index is 12.4. The summed E-state index contributed by atoms with van der Waals surface area (Å²) in [5.74, 6) is 1.07. The molecule has 0 aliphatic carbocycles. The Kier molecular flexibility index (Phi) is 4.24. The van der Waals surface area contributed by atoms with Gasteiger partial charge < -0.3 is 4.90 Å². The zero-order valence-corrected chi connectivity index (χ0v) is 14.6. The topological polar surface area (TPSA) is 41.4 Å². The van der Waals surface area contributed by atoms with Gasteiger partial charge in [-0.25, -0.2) is 4.79 Å². The van der Waals surface area contributed by atoms with E-state index in [1.807, 2.05) is 17.0 Å². The Hall–Kier alpha value is -1.56. The van der Waals surface area contributed by atoms with Crippen LogP contribution in [0, 0.1) is 11.8 Å². The van der Waals surface area contributed by atoms with Gasteiger partial charge in [0.05, 0.1) is 17.4 Å². The molecule has 1 aromatic heterocycles. The van der Waals surface area contributed by atoms with Crippen molar-refractivity contribution >= 4 is 29.2 Å². The monoisotopic (exact) mass is 364 g/mol. The average molecular weight is 365 g/mol. The summed E-state index contributed by atoms with van der Waals surface area (Å²) in [6.45, 7) is 4.57. The second kappa shape index (κ2) is 6.39. The van der Waals surface area contributed by atoms with Gasteiger partial charge in [-0.15, -0.1) is 0 Å². The van der Waals surface area contributed by atoms with E-state index in [1.54, 1.807) is 6.20 Å². The van der Waals surface area contributed by atoms with Crippen molar-refractivity contribution in [3.63, 3.8) is 0 Å². The Morgan fingerprint density at radius 2 is 1.71 bits per heavy atom. The number of rotatable bonds is 2. The molecule has 2 fully saturated rings. The maximum atomic E-state index is 12.4. The molecule has 2 unspecified atom stereocenters. The summed E-state index contributed by atoms with van der Waals surface area (Å²) in [6, 6.07) is 7.94. The van der Waals surface area contributed by atoms with E-state index < -0.39 is 0 Å². The Bertz CT molecular complexity index is 731. The smallest absolute Gasteiger partial charge is 0.322 e. The highest BCUT2D eigenvalue weighted by Gasteiger charge is 2.41. The Labute approximate surface area is 150 Å². The normalized spacial score (nSPS) is 23.7. The number of halogens is 2. The number of benzene rings is 1. The highest BCUT2D eigenvalue weighted by molar-refractivity contribution is 6.30. The first-order valence-electron chi connectivity index (χ1n) is 8.05. The number of likely N-dealkylation sites (tertiary alicyclic amines) is 2. The second-order valence-corrected chi connectivity index (χ2v) is 7.50. The van der Waals surface area contributed by atoms with Crippen LogP contribution in [0.25, 0.3) is 0 Å². The number of aromatic nitrogens is 2. The molecule has 5 nitrogen and oxygen atoms in total. The Balaban J connectivity index is 1.35. The fourth-order valence-electron chi connectivity index (χ4n) is 3.77. The zero-order valence-electron chi connectivity index (χ0n) is 13.1. The van der Waals surface area contributed by atoms with E-state index in [4.69, 9.17) is 23.2 Å². The molecule has 0 saturated carbocycles. The van der Waals surface area contributed by atoms with Crippen LogP contribution in [0.15, 0.2) is 36.7 Å². The first-order valence-corrected chi connectivity index (χ1v) is 8.80. The molecule has 7 heteroatoms. The van der Waals surface area contributed by atoms with Crippen LogP contribution in [0.2, 0.25) is 10.0 Å². The summed E-state index contributed by atoms with van der Waals surface area (Å²) in [5.41, 5.74) is 1.28. The van der Waals surface area contributed by atoms with Gasteiger partial charge >= 0.3 is 6.03 Å². The van der Waals surface area contributed by atoms with Crippen LogP contribution in [-0.4, -0.2) is 51.8 Å². The summed E-state index contributed by atoms with van der Waals surface area (Å²) in [5, 5.41) is 5.26. The fraction of sp³-hybridized carbons (Fsp3) is 0.412. The lowest BCUT2D eigenvalue weighted by atomic mass is 10.0. The van der Waals surface area contributed by atoms with E-state index in [2.05, 4.69) is 22.1 Å². The van der Waals surface area contributed by atoms with Crippen molar-refractivity contribution in [2.45, 2.75) is 6.54 Å². The Morgan fingerprint density at radius 1 is 1.04 bits per heavy atom. The molecule has 2 aliphatic heterocycles. The Morgan fingerprint density at radius 3 is 2.29 bits per heavy atom. The summed E-state index contributed by atoms with van der Waals surface area (Å²) in [4.78, 5) is 16.8. The van der Waals surface area contributed by atoms with E-state index in [0.29, 0.717) is 16.9 Å². The number of hydrogen-bond acceptors (Lipinski definition) is 3. The molecular weight excluding hydrogens is 347 g/mol. The van der Waals surface area contributed by atoms with Crippen LogP contribution in [0.5, 0.6) is 0 Å². The first-order chi connectivity index (χ1) is 11.6. The molecule has 0 spiro atoms. The second-order valence-electron chi connectivity index (χ2n) is 6.63. The number of fused-ring (bicyclic) bond motifs is 1. The molecule has 3 heterocycles. The van der Waals surface area contributed by atoms with Gasteiger partial charge in [0.25, 0.3) is 0 Å². The molecule has 0 N–H and O–H groups in total. The van der Waals surface area contributed by atoms with Gasteiger partial charge in [0.1, 0.15) is 0 Å². The van der Waals surface area contributed by atoms with Crippen LogP contribution in [0.4, 0.5) is 4.79 Å². The van der Waals surface area contributed by atoms with Crippen LogP contribution in [0.1, 0.15) is 5.56 Å². The number of carbonyl (C=O) groups is 1. The van der Waals surface area contributed by atoms with E-state index in [9.17, 15) is 4.79 Å². The van der Waals surface area contributed by atoms with E-state index in [0.717, 1.165) is 37.7 Å². The largest absolute Gasteiger partial charge is 0.344 e. The minimum absolute atomic E-state index is 0.0828. The van der Waals surface area contributed by atoms with Gasteiger partial charge in [0.15, 0.2) is 0 Å². The molecule has 4 rings (SSSR count). The van der Waals surface area contributed by atoms with E-state index in [-0.39, 0.29) is 6.03 Å². The number of nitrogens with zero attached hydrogens (tertiary/aromatic N) is 4. The van der Waals surface area contributed by atoms with Crippen molar-refractivity contribution in [2.24, 2.45) is 11.8 Å². The van der Waals surface area contributed by atoms with Crippen molar-refractivity contribution in [1.82, 2.24) is 19.6 Å². The predicted molar refractivity (Wildman–Crippen MR) is 93.3 cm³/mol. The number of hydrogen-bond donors (Lipinski definition) is 0. The lowest BCUT2D eigenvalue weighted by Gasteiger charge is -2.21. The highest BCUT2D eigenvalue weighted by atomic mass is 35.5. The van der Waals surface area contributed by atoms with Gasteiger partial charge in [-0.3, -0.25) is 4.90 Å². The zero-order chi connectivity index (χ0) is 16.7. The average Bonchev–Trinajstić information content (AvgIpc) is 3.23. The van der Waals surface area contributed by atoms with Crippen molar-refractivity contribution in [3.8, 4) is 0 Å². The molecule has 24 heavy (non-hydrogen) atoms.